The largest absolute Gasteiger partial charge is 0.463 e. The van der Waals surface area contributed by atoms with E-state index in [0.29, 0.717) is 5.76 Å². The third-order valence-corrected chi connectivity index (χ3v) is 5.84. The number of nitrogens with one attached hydrogen (secondary N) is 2. The first-order valence-electron chi connectivity index (χ1n) is 7.08. The third-order valence-electron chi connectivity index (χ3n) is 3.08. The summed E-state index contributed by atoms with van der Waals surface area (Å²) in [4.78, 5) is 12.3. The SMILES string of the molecule is O=C(N/N=C\c1ccco1)c1ccccc1NS(=O)(=O)c1cccs1. The lowest BCUT2D eigenvalue weighted by molar-refractivity contribution is 0.0956. The van der Waals surface area contributed by atoms with Crippen molar-refractivity contribution in [3.05, 3.63) is 71.5 Å². The van der Waals surface area contributed by atoms with E-state index in [-0.39, 0.29) is 15.5 Å². The second-order valence-electron chi connectivity index (χ2n) is 4.80. The summed E-state index contributed by atoms with van der Waals surface area (Å²) >= 11 is 1.09. The number of anilines is 1. The zero-order valence-electron chi connectivity index (χ0n) is 12.7. The number of thiophene rings is 1. The predicted molar refractivity (Wildman–Crippen MR) is 95.3 cm³/mol. The predicted octanol–water partition coefficient (Wildman–Crippen LogP) is 2.91. The molecule has 1 amide bonds. The average Bonchev–Trinajstić information content (AvgIpc) is 3.29. The summed E-state index contributed by atoms with van der Waals surface area (Å²) in [5, 5.41) is 5.45. The molecular formula is C16H13N3O4S2. The van der Waals surface area contributed by atoms with Gasteiger partial charge < -0.3 is 4.42 Å². The van der Waals surface area contributed by atoms with Crippen LogP contribution in [0.25, 0.3) is 0 Å². The molecule has 0 saturated heterocycles. The van der Waals surface area contributed by atoms with Gasteiger partial charge in [-0.2, -0.15) is 5.10 Å². The Balaban J connectivity index is 1.77. The number of para-hydroxylation sites is 1. The molecule has 0 aliphatic heterocycles. The van der Waals surface area contributed by atoms with Crippen molar-refractivity contribution in [2.24, 2.45) is 5.10 Å². The lowest BCUT2D eigenvalue weighted by Gasteiger charge is -2.10. The zero-order valence-corrected chi connectivity index (χ0v) is 14.4. The monoisotopic (exact) mass is 375 g/mol. The molecule has 0 aliphatic rings. The van der Waals surface area contributed by atoms with Crippen molar-refractivity contribution in [3.63, 3.8) is 0 Å². The van der Waals surface area contributed by atoms with E-state index >= 15 is 0 Å². The fourth-order valence-electron chi connectivity index (χ4n) is 1.96. The van der Waals surface area contributed by atoms with Crippen LogP contribution in [0.3, 0.4) is 0 Å². The highest BCUT2D eigenvalue weighted by molar-refractivity contribution is 7.94. The highest BCUT2D eigenvalue weighted by Gasteiger charge is 2.19. The van der Waals surface area contributed by atoms with Gasteiger partial charge in [0.2, 0.25) is 0 Å². The topological polar surface area (TPSA) is 101 Å². The number of carbonyl (C=O) groups excluding carboxylic acids is 1. The Morgan fingerprint density at radius 3 is 2.68 bits per heavy atom. The summed E-state index contributed by atoms with van der Waals surface area (Å²) in [6, 6.07) is 12.8. The lowest BCUT2D eigenvalue weighted by atomic mass is 10.2. The van der Waals surface area contributed by atoms with Gasteiger partial charge in [0.1, 0.15) is 9.97 Å². The number of rotatable bonds is 6. The highest BCUT2D eigenvalue weighted by atomic mass is 32.2. The minimum absolute atomic E-state index is 0.152. The van der Waals surface area contributed by atoms with Crippen LogP contribution in [0.15, 0.2) is 73.9 Å². The molecule has 3 rings (SSSR count). The normalized spacial score (nSPS) is 11.5. The van der Waals surface area contributed by atoms with Crippen molar-refractivity contribution in [1.29, 1.82) is 0 Å². The number of hydrogen-bond donors (Lipinski definition) is 2. The molecule has 0 fully saturated rings. The van der Waals surface area contributed by atoms with E-state index in [0.717, 1.165) is 11.3 Å². The maximum absolute atomic E-state index is 12.3. The molecule has 25 heavy (non-hydrogen) atoms. The van der Waals surface area contributed by atoms with Crippen LogP contribution in [0, 0.1) is 0 Å². The lowest BCUT2D eigenvalue weighted by Crippen LogP contribution is -2.21. The molecule has 0 atom stereocenters. The van der Waals surface area contributed by atoms with E-state index in [1.54, 1.807) is 35.7 Å². The molecule has 0 saturated carbocycles. The molecule has 3 aromatic rings. The Morgan fingerprint density at radius 2 is 1.96 bits per heavy atom. The summed E-state index contributed by atoms with van der Waals surface area (Å²) < 4.78 is 32.3. The van der Waals surface area contributed by atoms with E-state index in [4.69, 9.17) is 4.42 Å². The molecule has 0 aliphatic carbocycles. The molecule has 0 bridgehead atoms. The second kappa shape index (κ2) is 7.32. The Bertz CT molecular complexity index is 978. The molecule has 2 aromatic heterocycles. The summed E-state index contributed by atoms with van der Waals surface area (Å²) in [7, 11) is -3.75. The van der Waals surface area contributed by atoms with Gasteiger partial charge in [0.25, 0.3) is 15.9 Å². The van der Waals surface area contributed by atoms with Gasteiger partial charge in [0.15, 0.2) is 0 Å². The second-order valence-corrected chi connectivity index (χ2v) is 7.65. The Morgan fingerprint density at radius 1 is 1.12 bits per heavy atom. The number of carbonyl (C=O) groups is 1. The zero-order chi connectivity index (χ0) is 17.7. The molecule has 2 heterocycles. The van der Waals surface area contributed by atoms with Crippen LogP contribution in [-0.2, 0) is 10.0 Å². The third kappa shape index (κ3) is 4.14. The van der Waals surface area contributed by atoms with Crippen molar-refractivity contribution in [2.45, 2.75) is 4.21 Å². The summed E-state index contributed by atoms with van der Waals surface area (Å²) in [5.41, 5.74) is 2.66. The number of nitrogens with zero attached hydrogens (tertiary/aromatic N) is 1. The molecule has 7 nitrogen and oxygen atoms in total. The van der Waals surface area contributed by atoms with Crippen molar-refractivity contribution < 1.29 is 17.6 Å². The van der Waals surface area contributed by atoms with Gasteiger partial charge >= 0.3 is 0 Å². The van der Waals surface area contributed by atoms with E-state index in [2.05, 4.69) is 15.2 Å². The van der Waals surface area contributed by atoms with Gasteiger partial charge in [-0.3, -0.25) is 9.52 Å². The van der Waals surface area contributed by atoms with Crippen molar-refractivity contribution in [1.82, 2.24) is 5.43 Å². The fourth-order valence-corrected chi connectivity index (χ4v) is 4.03. The number of furan rings is 1. The Labute approximate surface area is 148 Å². The minimum Gasteiger partial charge on any atom is -0.463 e. The summed E-state index contributed by atoms with van der Waals surface area (Å²) in [6.07, 6.45) is 2.83. The fraction of sp³-hybridized carbons (Fsp3) is 0. The number of sulfonamides is 1. The smallest absolute Gasteiger partial charge is 0.273 e. The average molecular weight is 375 g/mol. The van der Waals surface area contributed by atoms with Gasteiger partial charge in [0.05, 0.1) is 23.7 Å². The molecule has 1 aromatic carbocycles. The molecule has 0 spiro atoms. The summed E-state index contributed by atoms with van der Waals surface area (Å²) in [6.45, 7) is 0. The maximum atomic E-state index is 12.3. The number of benzene rings is 1. The van der Waals surface area contributed by atoms with E-state index in [1.165, 1.54) is 30.7 Å². The minimum atomic E-state index is -3.75. The van der Waals surface area contributed by atoms with Gasteiger partial charge in [-0.05, 0) is 35.7 Å². The van der Waals surface area contributed by atoms with Gasteiger partial charge in [0, 0.05) is 0 Å². The van der Waals surface area contributed by atoms with Crippen molar-refractivity contribution >= 4 is 39.2 Å². The van der Waals surface area contributed by atoms with Crippen LogP contribution in [0.4, 0.5) is 5.69 Å². The van der Waals surface area contributed by atoms with Gasteiger partial charge in [-0.25, -0.2) is 13.8 Å². The van der Waals surface area contributed by atoms with Crippen molar-refractivity contribution in [3.8, 4) is 0 Å². The van der Waals surface area contributed by atoms with Gasteiger partial charge in [-0.1, -0.05) is 18.2 Å². The summed E-state index contributed by atoms with van der Waals surface area (Å²) in [5.74, 6) is -0.0701. The number of amides is 1. The Kier molecular flexibility index (Phi) is 4.96. The first-order valence-corrected chi connectivity index (χ1v) is 9.45. The first-order chi connectivity index (χ1) is 12.1. The number of hydrogen-bond acceptors (Lipinski definition) is 6. The molecule has 128 valence electrons. The van der Waals surface area contributed by atoms with Crippen molar-refractivity contribution in [2.75, 3.05) is 4.72 Å². The molecular weight excluding hydrogens is 362 g/mol. The number of hydrazone groups is 1. The van der Waals surface area contributed by atoms with Crippen LogP contribution >= 0.6 is 11.3 Å². The molecule has 0 radical (unpaired) electrons. The maximum Gasteiger partial charge on any atom is 0.273 e. The molecule has 9 heteroatoms. The molecule has 2 N–H and O–H groups in total. The van der Waals surface area contributed by atoms with E-state index < -0.39 is 15.9 Å². The Hall–Kier alpha value is -2.91. The van der Waals surface area contributed by atoms with Crippen LogP contribution in [0.5, 0.6) is 0 Å². The molecule has 0 unspecified atom stereocenters. The van der Waals surface area contributed by atoms with Gasteiger partial charge in [-0.15, -0.1) is 11.3 Å². The van der Waals surface area contributed by atoms with E-state index in [9.17, 15) is 13.2 Å². The van der Waals surface area contributed by atoms with Crippen LogP contribution in [0.2, 0.25) is 0 Å². The van der Waals surface area contributed by atoms with Crippen LogP contribution in [-0.4, -0.2) is 20.5 Å². The van der Waals surface area contributed by atoms with E-state index in [1.807, 2.05) is 0 Å². The van der Waals surface area contributed by atoms with Crippen LogP contribution < -0.4 is 10.1 Å². The standard InChI is InChI=1S/C16H13N3O4S2/c20-16(18-17-11-12-5-3-9-23-12)13-6-1-2-7-14(13)19-25(21,22)15-8-4-10-24-15/h1-11,19H,(H,18,20)/b17-11-. The van der Waals surface area contributed by atoms with Crippen LogP contribution in [0.1, 0.15) is 16.1 Å². The highest BCUT2D eigenvalue weighted by Crippen LogP contribution is 2.22. The quantitative estimate of drug-likeness (QED) is 0.511. The first kappa shape index (κ1) is 16.9.